The summed E-state index contributed by atoms with van der Waals surface area (Å²) in [5.41, 5.74) is 11.5. The summed E-state index contributed by atoms with van der Waals surface area (Å²) in [5, 5.41) is 13.1. The number of benzene rings is 3. The van der Waals surface area contributed by atoms with Crippen molar-refractivity contribution in [1.82, 2.24) is 4.90 Å². The molecule has 1 aliphatic heterocycles. The highest BCUT2D eigenvalue weighted by molar-refractivity contribution is 7.15. The first kappa shape index (κ1) is 28.0. The van der Waals surface area contributed by atoms with Crippen molar-refractivity contribution in [3.63, 3.8) is 0 Å². The van der Waals surface area contributed by atoms with Crippen molar-refractivity contribution in [3.8, 4) is 22.6 Å². The number of anilines is 2. The van der Waals surface area contributed by atoms with Crippen LogP contribution >= 0.6 is 11.3 Å². The summed E-state index contributed by atoms with van der Waals surface area (Å²) in [6.07, 6.45) is -1.02. The topological polar surface area (TPSA) is 114 Å². The maximum atomic E-state index is 14.1. The first-order chi connectivity index (χ1) is 19.7. The number of nitrogens with two attached hydrogens (primary N) is 1. The molecule has 1 atom stereocenters. The van der Waals surface area contributed by atoms with Crippen molar-refractivity contribution in [3.05, 3.63) is 93.2 Å². The van der Waals surface area contributed by atoms with Crippen LogP contribution in [-0.4, -0.2) is 42.8 Å². The van der Waals surface area contributed by atoms with Crippen LogP contribution in [0.5, 0.6) is 11.5 Å². The number of methoxy groups -OCH3 is 2. The van der Waals surface area contributed by atoms with Crippen LogP contribution < -0.4 is 20.5 Å². The maximum Gasteiger partial charge on any atom is 0.407 e. The highest BCUT2D eigenvalue weighted by Gasteiger charge is 2.38. The minimum atomic E-state index is -1.02. The van der Waals surface area contributed by atoms with Gasteiger partial charge in [0.05, 0.1) is 32.1 Å². The number of rotatable bonds is 7. The number of para-hydroxylation sites is 2. The Hall–Kier alpha value is -4.50. The van der Waals surface area contributed by atoms with Gasteiger partial charge in [-0.2, -0.15) is 0 Å². The Balaban J connectivity index is 1.74. The number of amides is 2. The number of hydrogen-bond donors (Lipinski definition) is 3. The van der Waals surface area contributed by atoms with E-state index in [2.05, 4.69) is 19.2 Å². The van der Waals surface area contributed by atoms with Crippen molar-refractivity contribution in [2.45, 2.75) is 32.2 Å². The Kier molecular flexibility index (Phi) is 7.90. The smallest absolute Gasteiger partial charge is 0.407 e. The molecule has 0 fully saturated rings. The fourth-order valence-electron chi connectivity index (χ4n) is 5.38. The molecule has 9 heteroatoms. The molecule has 1 aliphatic rings. The molecule has 0 aliphatic carbocycles. The fourth-order valence-corrected chi connectivity index (χ4v) is 6.67. The molecule has 0 radical (unpaired) electrons. The van der Waals surface area contributed by atoms with Crippen molar-refractivity contribution < 1.29 is 24.2 Å². The van der Waals surface area contributed by atoms with E-state index in [-0.39, 0.29) is 30.8 Å². The monoisotopic (exact) mass is 571 g/mol. The second-order valence-corrected chi connectivity index (χ2v) is 11.4. The molecule has 4 aromatic rings. The van der Waals surface area contributed by atoms with Gasteiger partial charge < -0.3 is 30.5 Å². The Bertz CT molecular complexity index is 1610. The number of hydrogen-bond acceptors (Lipinski definition) is 6. The Morgan fingerprint density at radius 3 is 2.39 bits per heavy atom. The van der Waals surface area contributed by atoms with Gasteiger partial charge in [-0.25, -0.2) is 4.79 Å². The lowest BCUT2D eigenvalue weighted by atomic mass is 9.83. The quantitative estimate of drug-likeness (QED) is 0.206. The van der Waals surface area contributed by atoms with Gasteiger partial charge in [0.2, 0.25) is 0 Å². The second-order valence-electron chi connectivity index (χ2n) is 10.3. The molecule has 8 nitrogen and oxygen atoms in total. The minimum Gasteiger partial charge on any atom is -0.496 e. The van der Waals surface area contributed by atoms with Gasteiger partial charge >= 0.3 is 6.09 Å². The van der Waals surface area contributed by atoms with Crippen LogP contribution in [0.2, 0.25) is 0 Å². The summed E-state index contributed by atoms with van der Waals surface area (Å²) in [7, 11) is 3.19. The molecule has 0 bridgehead atoms. The number of carboxylic acid groups (broad SMARTS) is 1. The average molecular weight is 572 g/mol. The molecular weight excluding hydrogens is 538 g/mol. The second kappa shape index (κ2) is 11.5. The molecule has 212 valence electrons. The zero-order chi connectivity index (χ0) is 29.3. The SMILES string of the molecule is COc1ccccc1-c1c(C(=O)Nc2cc(C(C)C)ccc2N)sc2c1C(c1ccccc1OC)CN(C(=O)O)C2. The number of nitrogens with zero attached hydrogens (tertiary/aromatic N) is 1. The zero-order valence-corrected chi connectivity index (χ0v) is 24.2. The molecule has 1 aromatic heterocycles. The summed E-state index contributed by atoms with van der Waals surface area (Å²) >= 11 is 1.30. The lowest BCUT2D eigenvalue weighted by Crippen LogP contribution is -2.37. The van der Waals surface area contributed by atoms with Gasteiger partial charge in [-0.3, -0.25) is 4.79 Å². The van der Waals surface area contributed by atoms with Crippen LogP contribution in [0, 0.1) is 0 Å². The number of carbonyl (C=O) groups excluding carboxylic acids is 1. The summed E-state index contributed by atoms with van der Waals surface area (Å²) in [4.78, 5) is 29.0. The lowest BCUT2D eigenvalue weighted by Gasteiger charge is -2.33. The van der Waals surface area contributed by atoms with E-state index in [9.17, 15) is 14.7 Å². The number of ether oxygens (including phenoxy) is 2. The van der Waals surface area contributed by atoms with Crippen molar-refractivity contribution in [2.75, 3.05) is 31.8 Å². The molecule has 4 N–H and O–H groups in total. The van der Waals surface area contributed by atoms with Crippen LogP contribution in [0.25, 0.3) is 11.1 Å². The van der Waals surface area contributed by atoms with Crippen LogP contribution in [0.1, 0.15) is 56.9 Å². The summed E-state index contributed by atoms with van der Waals surface area (Å²) in [6, 6.07) is 20.8. The van der Waals surface area contributed by atoms with E-state index in [0.29, 0.717) is 27.8 Å². The van der Waals surface area contributed by atoms with Gasteiger partial charge in [0, 0.05) is 34.0 Å². The fraction of sp³-hybridized carbons (Fsp3) is 0.250. The van der Waals surface area contributed by atoms with E-state index < -0.39 is 6.09 Å². The number of nitrogens with one attached hydrogen (secondary N) is 1. The lowest BCUT2D eigenvalue weighted by molar-refractivity contribution is 0.103. The predicted molar refractivity (Wildman–Crippen MR) is 162 cm³/mol. The van der Waals surface area contributed by atoms with E-state index in [4.69, 9.17) is 15.2 Å². The number of fused-ring (bicyclic) bond motifs is 1. The third-order valence-electron chi connectivity index (χ3n) is 7.47. The number of carbonyl (C=O) groups is 2. The van der Waals surface area contributed by atoms with Gasteiger partial charge in [0.25, 0.3) is 5.91 Å². The molecule has 0 saturated carbocycles. The van der Waals surface area contributed by atoms with Crippen molar-refractivity contribution in [1.29, 1.82) is 0 Å². The Morgan fingerprint density at radius 1 is 1.02 bits per heavy atom. The molecule has 2 heterocycles. The number of thiophene rings is 1. The summed E-state index contributed by atoms with van der Waals surface area (Å²) in [6.45, 7) is 4.54. The normalized spacial score (nSPS) is 14.5. The van der Waals surface area contributed by atoms with Gasteiger partial charge in [0.1, 0.15) is 16.4 Å². The first-order valence-electron chi connectivity index (χ1n) is 13.3. The Labute approximate surface area is 243 Å². The third-order valence-corrected chi connectivity index (χ3v) is 8.66. The molecular formula is C32H33N3O5S. The van der Waals surface area contributed by atoms with Gasteiger partial charge in [-0.05, 0) is 41.3 Å². The first-order valence-corrected chi connectivity index (χ1v) is 14.2. The van der Waals surface area contributed by atoms with Crippen molar-refractivity contribution in [2.24, 2.45) is 0 Å². The van der Waals surface area contributed by atoms with Crippen LogP contribution in [0.3, 0.4) is 0 Å². The van der Waals surface area contributed by atoms with Gasteiger partial charge in [0.15, 0.2) is 0 Å². The highest BCUT2D eigenvalue weighted by Crippen LogP contribution is 2.50. The van der Waals surface area contributed by atoms with E-state index in [1.807, 2.05) is 60.7 Å². The predicted octanol–water partition coefficient (Wildman–Crippen LogP) is 7.02. The zero-order valence-electron chi connectivity index (χ0n) is 23.4. The Morgan fingerprint density at radius 2 is 1.71 bits per heavy atom. The molecule has 5 rings (SSSR count). The third kappa shape index (κ3) is 5.32. The summed E-state index contributed by atoms with van der Waals surface area (Å²) in [5.74, 6) is 0.824. The van der Waals surface area contributed by atoms with Gasteiger partial charge in [-0.15, -0.1) is 11.3 Å². The van der Waals surface area contributed by atoms with E-state index in [1.54, 1.807) is 20.3 Å². The molecule has 3 aromatic carbocycles. The average Bonchev–Trinajstić information content (AvgIpc) is 3.37. The molecule has 2 amide bonds. The molecule has 0 saturated heterocycles. The van der Waals surface area contributed by atoms with E-state index in [0.717, 1.165) is 32.7 Å². The molecule has 41 heavy (non-hydrogen) atoms. The molecule has 1 unspecified atom stereocenters. The largest absolute Gasteiger partial charge is 0.496 e. The van der Waals surface area contributed by atoms with Crippen molar-refractivity contribution >= 4 is 34.7 Å². The highest BCUT2D eigenvalue weighted by atomic mass is 32.1. The standard InChI is InChI=1S/C32H33N3O5S/c1-18(2)19-13-14-23(33)24(15-19)34-31(36)30-29(21-10-6-8-12-26(21)40-4)28-22(20-9-5-7-11-25(20)39-3)16-35(32(37)38)17-27(28)41-30/h5-15,18,22H,16-17,33H2,1-4H3,(H,34,36)(H,37,38). The maximum absolute atomic E-state index is 14.1. The minimum absolute atomic E-state index is 0.168. The number of nitrogen functional groups attached to an aromatic ring is 1. The van der Waals surface area contributed by atoms with E-state index >= 15 is 0 Å². The van der Waals surface area contributed by atoms with E-state index in [1.165, 1.54) is 16.2 Å². The van der Waals surface area contributed by atoms with Gasteiger partial charge in [-0.1, -0.05) is 56.3 Å². The van der Waals surface area contributed by atoms with Crippen LogP contribution in [0.15, 0.2) is 66.7 Å². The van der Waals surface area contributed by atoms with Crippen LogP contribution in [-0.2, 0) is 6.54 Å². The summed E-state index contributed by atoms with van der Waals surface area (Å²) < 4.78 is 11.4. The van der Waals surface area contributed by atoms with Crippen LogP contribution in [0.4, 0.5) is 16.2 Å². The molecule has 0 spiro atoms.